The Morgan fingerprint density at radius 3 is 2.50 bits per heavy atom. The van der Waals surface area contributed by atoms with E-state index in [9.17, 15) is 9.59 Å². The van der Waals surface area contributed by atoms with E-state index >= 15 is 0 Å². The quantitative estimate of drug-likeness (QED) is 0.603. The summed E-state index contributed by atoms with van der Waals surface area (Å²) in [5.41, 5.74) is 1.20. The molecule has 0 radical (unpaired) electrons. The maximum Gasteiger partial charge on any atom is 0.280 e. The Labute approximate surface area is 180 Å². The molecule has 0 saturated carbocycles. The van der Waals surface area contributed by atoms with Gasteiger partial charge in [0.1, 0.15) is 11.5 Å². The molecule has 1 N–H and O–H groups in total. The molecular weight excluding hydrogens is 400 g/mol. The second kappa shape index (κ2) is 8.79. The molecule has 30 heavy (non-hydrogen) atoms. The first-order valence-corrected chi connectivity index (χ1v) is 10.6. The number of nitrogens with zero attached hydrogens (tertiary/aromatic N) is 3. The molecule has 0 bridgehead atoms. The Bertz CT molecular complexity index is 1030. The number of furan rings is 1. The number of benzene rings is 1. The lowest BCUT2D eigenvalue weighted by molar-refractivity contribution is -0.124. The molecule has 1 aromatic carbocycles. The molecule has 0 aliphatic heterocycles. The van der Waals surface area contributed by atoms with Crippen molar-refractivity contribution in [1.82, 2.24) is 14.9 Å². The minimum Gasteiger partial charge on any atom is -0.464 e. The molecule has 2 heterocycles. The number of anilines is 1. The van der Waals surface area contributed by atoms with Crippen molar-refractivity contribution in [2.75, 3.05) is 4.90 Å². The summed E-state index contributed by atoms with van der Waals surface area (Å²) in [6.07, 6.45) is 0.733. The van der Waals surface area contributed by atoms with Gasteiger partial charge in [-0.25, -0.2) is 0 Å². The number of carbonyl (C=O) groups is 2. The third-order valence-electron chi connectivity index (χ3n) is 5.06. The van der Waals surface area contributed by atoms with Gasteiger partial charge in [-0.15, -0.1) is 5.10 Å². The van der Waals surface area contributed by atoms with E-state index < -0.39 is 17.5 Å². The number of aromatic nitrogens is 2. The molecule has 8 heteroatoms. The first kappa shape index (κ1) is 21.7. The standard InChI is InChI=1S/C22H26N4O3S/c1-6-22(4,5)23-20(27)19(18-12-11-15(3)29-18)26(17-10-8-7-9-14(17)2)21(28)16-13-30-25-24-16/h7-13,19H,6H2,1-5H3,(H,23,27). The van der Waals surface area contributed by atoms with Crippen LogP contribution >= 0.6 is 11.5 Å². The molecule has 3 aromatic rings. The highest BCUT2D eigenvalue weighted by atomic mass is 32.1. The fraction of sp³-hybridized carbons (Fsp3) is 0.364. The summed E-state index contributed by atoms with van der Waals surface area (Å²) in [6.45, 7) is 9.59. The third-order valence-corrected chi connectivity index (χ3v) is 5.56. The molecule has 2 aromatic heterocycles. The van der Waals surface area contributed by atoms with Gasteiger partial charge in [-0.05, 0) is 69.4 Å². The van der Waals surface area contributed by atoms with E-state index in [0.717, 1.165) is 23.5 Å². The SMILES string of the molecule is CCC(C)(C)NC(=O)C(c1ccc(C)o1)N(C(=O)c1csnn1)c1ccccc1C. The zero-order valence-corrected chi connectivity index (χ0v) is 18.6. The number of amides is 2. The minimum atomic E-state index is -1.00. The first-order valence-electron chi connectivity index (χ1n) is 9.78. The molecule has 7 nitrogen and oxygen atoms in total. The Balaban J connectivity index is 2.17. The number of rotatable bonds is 7. The number of nitrogens with one attached hydrogen (secondary N) is 1. The maximum atomic E-state index is 13.5. The molecule has 0 aliphatic rings. The van der Waals surface area contributed by atoms with Gasteiger partial charge in [0.05, 0.1) is 0 Å². The Morgan fingerprint density at radius 2 is 1.93 bits per heavy atom. The van der Waals surface area contributed by atoms with Crippen LogP contribution in [-0.2, 0) is 4.79 Å². The van der Waals surface area contributed by atoms with Crippen molar-refractivity contribution in [3.63, 3.8) is 0 Å². The van der Waals surface area contributed by atoms with Crippen molar-refractivity contribution in [1.29, 1.82) is 0 Å². The van der Waals surface area contributed by atoms with Gasteiger partial charge in [0.2, 0.25) is 0 Å². The molecule has 158 valence electrons. The van der Waals surface area contributed by atoms with Gasteiger partial charge in [-0.2, -0.15) is 0 Å². The van der Waals surface area contributed by atoms with Crippen molar-refractivity contribution in [3.8, 4) is 0 Å². The Kier molecular flexibility index (Phi) is 6.36. The summed E-state index contributed by atoms with van der Waals surface area (Å²) < 4.78 is 9.65. The van der Waals surface area contributed by atoms with Crippen LogP contribution in [-0.4, -0.2) is 26.9 Å². The molecule has 0 fully saturated rings. The average molecular weight is 427 g/mol. The normalized spacial score (nSPS) is 12.4. The van der Waals surface area contributed by atoms with Crippen LogP contribution in [0.25, 0.3) is 0 Å². The van der Waals surface area contributed by atoms with E-state index in [1.807, 2.05) is 52.0 Å². The van der Waals surface area contributed by atoms with Gasteiger partial charge < -0.3 is 9.73 Å². The highest BCUT2D eigenvalue weighted by molar-refractivity contribution is 7.03. The van der Waals surface area contributed by atoms with Crippen LogP contribution in [0.3, 0.4) is 0 Å². The number of hydrogen-bond acceptors (Lipinski definition) is 6. The van der Waals surface area contributed by atoms with Crippen molar-refractivity contribution < 1.29 is 14.0 Å². The molecular formula is C22H26N4O3S. The predicted octanol–water partition coefficient (Wildman–Crippen LogP) is 4.44. The van der Waals surface area contributed by atoms with Crippen LogP contribution in [0.1, 0.15) is 60.8 Å². The monoisotopic (exact) mass is 426 g/mol. The topological polar surface area (TPSA) is 88.3 Å². The van der Waals surface area contributed by atoms with Gasteiger partial charge in [0.15, 0.2) is 11.7 Å². The highest BCUT2D eigenvalue weighted by Gasteiger charge is 2.38. The van der Waals surface area contributed by atoms with Crippen LogP contribution in [0.5, 0.6) is 0 Å². The lowest BCUT2D eigenvalue weighted by Crippen LogP contribution is -2.50. The summed E-state index contributed by atoms with van der Waals surface area (Å²) in [6, 6.07) is 9.95. The summed E-state index contributed by atoms with van der Waals surface area (Å²) in [5, 5.41) is 8.57. The lowest BCUT2D eigenvalue weighted by Gasteiger charge is -2.33. The van der Waals surface area contributed by atoms with E-state index in [1.54, 1.807) is 24.4 Å². The second-order valence-corrected chi connectivity index (χ2v) is 8.44. The summed E-state index contributed by atoms with van der Waals surface area (Å²) >= 11 is 1.09. The Hall–Kier alpha value is -3.00. The molecule has 0 saturated heterocycles. The number of para-hydroxylation sites is 1. The molecule has 3 rings (SSSR count). The number of hydrogen-bond donors (Lipinski definition) is 1. The number of carbonyl (C=O) groups excluding carboxylic acids is 2. The maximum absolute atomic E-state index is 13.5. The summed E-state index contributed by atoms with van der Waals surface area (Å²) in [7, 11) is 0. The average Bonchev–Trinajstić information content (AvgIpc) is 3.38. The van der Waals surface area contributed by atoms with Crippen molar-refractivity contribution >= 4 is 29.0 Å². The van der Waals surface area contributed by atoms with Gasteiger partial charge >= 0.3 is 0 Å². The van der Waals surface area contributed by atoms with Crippen LogP contribution in [0.15, 0.2) is 46.2 Å². The van der Waals surface area contributed by atoms with E-state index in [4.69, 9.17) is 4.42 Å². The molecule has 1 unspecified atom stereocenters. The Morgan fingerprint density at radius 1 is 1.20 bits per heavy atom. The molecule has 2 amide bonds. The van der Waals surface area contributed by atoms with Crippen LogP contribution in [0.2, 0.25) is 0 Å². The van der Waals surface area contributed by atoms with E-state index in [0.29, 0.717) is 17.2 Å². The van der Waals surface area contributed by atoms with Crippen LogP contribution in [0.4, 0.5) is 5.69 Å². The van der Waals surface area contributed by atoms with Gasteiger partial charge in [0.25, 0.3) is 11.8 Å². The fourth-order valence-corrected chi connectivity index (χ4v) is 3.48. The molecule has 1 atom stereocenters. The zero-order valence-electron chi connectivity index (χ0n) is 17.8. The van der Waals surface area contributed by atoms with E-state index in [-0.39, 0.29) is 11.6 Å². The van der Waals surface area contributed by atoms with Gasteiger partial charge in [-0.1, -0.05) is 29.6 Å². The van der Waals surface area contributed by atoms with Gasteiger partial charge in [0, 0.05) is 16.6 Å². The lowest BCUT2D eigenvalue weighted by atomic mass is 10.00. The highest BCUT2D eigenvalue weighted by Crippen LogP contribution is 2.33. The van der Waals surface area contributed by atoms with E-state index in [2.05, 4.69) is 14.9 Å². The molecule has 0 aliphatic carbocycles. The van der Waals surface area contributed by atoms with Crippen LogP contribution < -0.4 is 10.2 Å². The smallest absolute Gasteiger partial charge is 0.280 e. The summed E-state index contributed by atoms with van der Waals surface area (Å²) in [4.78, 5) is 28.5. The third kappa shape index (κ3) is 4.59. The van der Waals surface area contributed by atoms with Crippen molar-refractivity contribution in [2.45, 2.75) is 52.6 Å². The zero-order chi connectivity index (χ0) is 21.9. The first-order chi connectivity index (χ1) is 14.2. The minimum absolute atomic E-state index is 0.180. The predicted molar refractivity (Wildman–Crippen MR) is 117 cm³/mol. The molecule has 0 spiro atoms. The van der Waals surface area contributed by atoms with Crippen LogP contribution in [0, 0.1) is 13.8 Å². The largest absolute Gasteiger partial charge is 0.464 e. The fourth-order valence-electron chi connectivity index (χ4n) is 3.05. The van der Waals surface area contributed by atoms with Crippen molar-refractivity contribution in [3.05, 3.63) is 64.6 Å². The van der Waals surface area contributed by atoms with Crippen molar-refractivity contribution in [2.24, 2.45) is 0 Å². The number of aryl methyl sites for hydroxylation is 2. The van der Waals surface area contributed by atoms with E-state index in [1.165, 1.54) is 4.90 Å². The second-order valence-electron chi connectivity index (χ2n) is 7.83. The van der Waals surface area contributed by atoms with Gasteiger partial charge in [-0.3, -0.25) is 14.5 Å². The summed E-state index contributed by atoms with van der Waals surface area (Å²) in [5.74, 6) is 0.305.